The van der Waals surface area contributed by atoms with Crippen molar-refractivity contribution in [2.45, 2.75) is 0 Å². The molecule has 1 saturated heterocycles. The van der Waals surface area contributed by atoms with Crippen LogP contribution in [0.2, 0.25) is 0 Å². The number of thiophene rings is 1. The van der Waals surface area contributed by atoms with E-state index in [1.807, 2.05) is 17.3 Å². The first kappa shape index (κ1) is 17.8. The molecule has 2 aromatic rings. The number of amides is 2. The zero-order chi connectivity index (χ0) is 19.1. The second-order valence-electron chi connectivity index (χ2n) is 6.53. The van der Waals surface area contributed by atoms with Crippen LogP contribution in [0.1, 0.15) is 4.88 Å². The van der Waals surface area contributed by atoms with Crippen molar-refractivity contribution in [3.05, 3.63) is 57.9 Å². The summed E-state index contributed by atoms with van der Waals surface area (Å²) in [6, 6.07) is 6.41. The number of hydrogen-bond donors (Lipinski definition) is 0. The molecule has 4 rings (SSSR count). The van der Waals surface area contributed by atoms with Gasteiger partial charge in [0.1, 0.15) is 17.3 Å². The van der Waals surface area contributed by atoms with Crippen molar-refractivity contribution in [1.82, 2.24) is 9.80 Å². The van der Waals surface area contributed by atoms with Crippen molar-refractivity contribution in [1.29, 1.82) is 0 Å². The molecule has 5 nitrogen and oxygen atoms in total. The van der Waals surface area contributed by atoms with Crippen LogP contribution in [0.15, 0.2) is 41.4 Å². The molecule has 2 aliphatic heterocycles. The van der Waals surface area contributed by atoms with E-state index in [1.54, 1.807) is 12.1 Å². The molecule has 0 atom stereocenters. The van der Waals surface area contributed by atoms with Crippen LogP contribution in [0.25, 0.3) is 5.57 Å². The molecule has 0 bridgehead atoms. The highest BCUT2D eigenvalue weighted by atomic mass is 32.1. The highest BCUT2D eigenvalue weighted by molar-refractivity contribution is 7.11. The minimum Gasteiger partial charge on any atom is -0.364 e. The Labute approximate surface area is 159 Å². The quantitative estimate of drug-likeness (QED) is 0.757. The Bertz CT molecular complexity index is 934. The Balaban J connectivity index is 1.80. The number of rotatable bonds is 3. The Hall–Kier alpha value is -2.58. The SMILES string of the molecule is CN1CCN(C2=C(c3cccs3)C(=O)N(c3ccc(F)cc3F)C2=O)CC1. The topological polar surface area (TPSA) is 43.9 Å². The highest BCUT2D eigenvalue weighted by Gasteiger charge is 2.44. The number of halogens is 2. The summed E-state index contributed by atoms with van der Waals surface area (Å²) in [5.41, 5.74) is 0.340. The van der Waals surface area contributed by atoms with Crippen LogP contribution in [-0.2, 0) is 9.59 Å². The Morgan fingerprint density at radius 2 is 1.74 bits per heavy atom. The highest BCUT2D eigenvalue weighted by Crippen LogP contribution is 2.37. The molecule has 0 saturated carbocycles. The molecule has 0 N–H and O–H groups in total. The van der Waals surface area contributed by atoms with Crippen molar-refractivity contribution in [2.24, 2.45) is 0 Å². The fraction of sp³-hybridized carbons (Fsp3) is 0.263. The zero-order valence-electron chi connectivity index (χ0n) is 14.6. The molecular weight excluding hydrogens is 372 g/mol. The summed E-state index contributed by atoms with van der Waals surface area (Å²) >= 11 is 1.35. The van der Waals surface area contributed by atoms with Crippen molar-refractivity contribution < 1.29 is 18.4 Å². The molecule has 0 spiro atoms. The van der Waals surface area contributed by atoms with Crippen LogP contribution in [-0.4, -0.2) is 54.8 Å². The minimum absolute atomic E-state index is 0.232. The number of likely N-dealkylation sites (N-methyl/N-ethyl adjacent to an activating group) is 1. The predicted octanol–water partition coefficient (Wildman–Crippen LogP) is 2.56. The van der Waals surface area contributed by atoms with Gasteiger partial charge >= 0.3 is 0 Å². The second kappa shape index (κ2) is 6.86. The third-order valence-electron chi connectivity index (χ3n) is 4.80. The number of benzene rings is 1. The molecule has 1 aromatic carbocycles. The van der Waals surface area contributed by atoms with Gasteiger partial charge in [0.25, 0.3) is 11.8 Å². The van der Waals surface area contributed by atoms with Gasteiger partial charge in [0.05, 0.1) is 11.3 Å². The molecule has 1 fully saturated rings. The lowest BCUT2D eigenvalue weighted by Gasteiger charge is -2.34. The summed E-state index contributed by atoms with van der Waals surface area (Å²) in [6.07, 6.45) is 0. The fourth-order valence-corrected chi connectivity index (χ4v) is 4.13. The number of carbonyl (C=O) groups excluding carboxylic acids is 2. The number of anilines is 1. The van der Waals surface area contributed by atoms with Gasteiger partial charge in [0, 0.05) is 37.1 Å². The normalized spacial score (nSPS) is 18.8. The Kier molecular flexibility index (Phi) is 4.53. The Morgan fingerprint density at radius 3 is 2.37 bits per heavy atom. The third kappa shape index (κ3) is 3.04. The van der Waals surface area contributed by atoms with Gasteiger partial charge in [-0.3, -0.25) is 9.59 Å². The van der Waals surface area contributed by atoms with Gasteiger partial charge in [-0.05, 0) is 30.6 Å². The molecular formula is C19H17F2N3O2S. The summed E-state index contributed by atoms with van der Waals surface area (Å²) < 4.78 is 27.6. The lowest BCUT2D eigenvalue weighted by molar-refractivity contribution is -0.120. The van der Waals surface area contributed by atoms with Gasteiger partial charge in [-0.2, -0.15) is 0 Å². The fourth-order valence-electron chi connectivity index (χ4n) is 3.37. The first-order valence-electron chi connectivity index (χ1n) is 8.53. The number of carbonyl (C=O) groups is 2. The summed E-state index contributed by atoms with van der Waals surface area (Å²) in [5, 5.41) is 1.82. The van der Waals surface area contributed by atoms with E-state index in [0.717, 1.165) is 30.1 Å². The summed E-state index contributed by atoms with van der Waals surface area (Å²) in [5.74, 6) is -2.86. The molecule has 2 amide bonds. The number of piperazine rings is 1. The predicted molar refractivity (Wildman–Crippen MR) is 99.2 cm³/mol. The summed E-state index contributed by atoms with van der Waals surface area (Å²) in [7, 11) is 1.99. The maximum atomic E-state index is 14.3. The molecule has 27 heavy (non-hydrogen) atoms. The second-order valence-corrected chi connectivity index (χ2v) is 7.48. The van der Waals surface area contributed by atoms with E-state index in [4.69, 9.17) is 0 Å². The van der Waals surface area contributed by atoms with Gasteiger partial charge in [-0.1, -0.05) is 6.07 Å². The zero-order valence-corrected chi connectivity index (χ0v) is 15.4. The van der Waals surface area contributed by atoms with E-state index in [-0.39, 0.29) is 11.3 Å². The van der Waals surface area contributed by atoms with E-state index in [0.29, 0.717) is 29.7 Å². The first-order chi connectivity index (χ1) is 13.0. The van der Waals surface area contributed by atoms with Gasteiger partial charge in [0.2, 0.25) is 0 Å². The van der Waals surface area contributed by atoms with Crippen molar-refractivity contribution >= 4 is 34.4 Å². The third-order valence-corrected chi connectivity index (χ3v) is 5.68. The minimum atomic E-state index is -0.943. The van der Waals surface area contributed by atoms with E-state index in [1.165, 1.54) is 11.3 Å². The molecule has 8 heteroatoms. The first-order valence-corrected chi connectivity index (χ1v) is 9.41. The van der Waals surface area contributed by atoms with E-state index >= 15 is 0 Å². The van der Waals surface area contributed by atoms with E-state index < -0.39 is 23.4 Å². The van der Waals surface area contributed by atoms with Gasteiger partial charge in [0.15, 0.2) is 0 Å². The number of nitrogens with zero attached hydrogens (tertiary/aromatic N) is 3. The van der Waals surface area contributed by atoms with Crippen molar-refractivity contribution in [2.75, 3.05) is 38.1 Å². The van der Waals surface area contributed by atoms with Gasteiger partial charge in [-0.25, -0.2) is 13.7 Å². The van der Waals surface area contributed by atoms with Gasteiger partial charge in [-0.15, -0.1) is 11.3 Å². The monoisotopic (exact) mass is 389 g/mol. The van der Waals surface area contributed by atoms with Crippen LogP contribution in [0, 0.1) is 11.6 Å². The van der Waals surface area contributed by atoms with Crippen LogP contribution >= 0.6 is 11.3 Å². The molecule has 0 unspecified atom stereocenters. The molecule has 3 heterocycles. The largest absolute Gasteiger partial charge is 0.364 e. The molecule has 1 aromatic heterocycles. The average Bonchev–Trinajstić information content (AvgIpc) is 3.23. The maximum Gasteiger partial charge on any atom is 0.282 e. The molecule has 2 aliphatic rings. The molecule has 0 radical (unpaired) electrons. The lowest BCUT2D eigenvalue weighted by Crippen LogP contribution is -2.46. The number of hydrogen-bond acceptors (Lipinski definition) is 5. The van der Waals surface area contributed by atoms with Crippen LogP contribution in [0.4, 0.5) is 14.5 Å². The summed E-state index contributed by atoms with van der Waals surface area (Å²) in [6.45, 7) is 2.71. The van der Waals surface area contributed by atoms with Crippen molar-refractivity contribution in [3.63, 3.8) is 0 Å². The van der Waals surface area contributed by atoms with Gasteiger partial charge < -0.3 is 9.80 Å². The van der Waals surface area contributed by atoms with Crippen LogP contribution in [0.5, 0.6) is 0 Å². The number of imide groups is 1. The van der Waals surface area contributed by atoms with E-state index in [9.17, 15) is 18.4 Å². The van der Waals surface area contributed by atoms with E-state index in [2.05, 4.69) is 4.90 Å². The lowest BCUT2D eigenvalue weighted by atomic mass is 10.1. The Morgan fingerprint density at radius 1 is 1.00 bits per heavy atom. The molecule has 0 aliphatic carbocycles. The smallest absolute Gasteiger partial charge is 0.282 e. The standard InChI is InChI=1S/C19H17F2N3O2S/c1-22-6-8-23(9-7-22)17-16(15-3-2-10-27-15)18(25)24(19(17)26)14-5-4-12(20)11-13(14)21/h2-5,10-11H,6-9H2,1H3. The van der Waals surface area contributed by atoms with Crippen LogP contribution < -0.4 is 4.90 Å². The summed E-state index contributed by atoms with van der Waals surface area (Å²) in [4.78, 5) is 31.8. The average molecular weight is 389 g/mol. The molecule has 140 valence electrons. The maximum absolute atomic E-state index is 14.3. The van der Waals surface area contributed by atoms with Crippen molar-refractivity contribution in [3.8, 4) is 0 Å². The van der Waals surface area contributed by atoms with Crippen LogP contribution in [0.3, 0.4) is 0 Å².